The number of hydrogen-bond donors (Lipinski definition) is 3. The minimum atomic E-state index is -1.12. The smallest absolute Gasteiger partial charge is 0.408 e. The Labute approximate surface area is 176 Å². The number of carboxylic acids is 1. The van der Waals surface area contributed by atoms with Crippen molar-refractivity contribution in [3.63, 3.8) is 0 Å². The van der Waals surface area contributed by atoms with E-state index in [0.717, 1.165) is 5.56 Å². The molecule has 2 rings (SSSR count). The lowest BCUT2D eigenvalue weighted by Crippen LogP contribution is -2.52. The van der Waals surface area contributed by atoms with Crippen LogP contribution in [-0.4, -0.2) is 65.5 Å². The van der Waals surface area contributed by atoms with Crippen molar-refractivity contribution >= 4 is 18.2 Å². The molecule has 0 radical (unpaired) electrons. The molecule has 9 heteroatoms. The summed E-state index contributed by atoms with van der Waals surface area (Å²) < 4.78 is 10.4. The summed E-state index contributed by atoms with van der Waals surface area (Å²) in [6.07, 6.45) is 0.119. The molecule has 9 nitrogen and oxygen atoms in total. The first-order chi connectivity index (χ1) is 14.1. The van der Waals surface area contributed by atoms with E-state index in [9.17, 15) is 19.5 Å². The number of carbonyl (C=O) groups excluding carboxylic acids is 2. The average molecular weight is 421 g/mol. The molecule has 166 valence electrons. The normalized spacial score (nSPS) is 16.4. The lowest BCUT2D eigenvalue weighted by molar-refractivity contribution is -0.140. The Kier molecular flexibility index (Phi) is 8.46. The third kappa shape index (κ3) is 8.69. The molecule has 1 aromatic carbocycles. The summed E-state index contributed by atoms with van der Waals surface area (Å²) in [4.78, 5) is 37.4. The van der Waals surface area contributed by atoms with Crippen molar-refractivity contribution in [2.75, 3.05) is 19.6 Å². The number of likely N-dealkylation sites (tertiary alicyclic amines) is 1. The highest BCUT2D eigenvalue weighted by Gasteiger charge is 2.28. The Bertz CT molecular complexity index is 711. The molecule has 30 heavy (non-hydrogen) atoms. The number of carbonyl (C=O) groups is 3. The van der Waals surface area contributed by atoms with Crippen LogP contribution in [0.4, 0.5) is 9.59 Å². The van der Waals surface area contributed by atoms with Gasteiger partial charge in [-0.15, -0.1) is 0 Å². The SMILES string of the molecule is CC(C)(C)OC(=O)NC1CCN(C[C@H](NC(=O)OCc2ccccc2)C(=O)O)CC1. The Balaban J connectivity index is 1.74. The average Bonchev–Trinajstić information content (AvgIpc) is 2.66. The van der Waals surface area contributed by atoms with E-state index >= 15 is 0 Å². The zero-order valence-corrected chi connectivity index (χ0v) is 17.7. The van der Waals surface area contributed by atoms with Crippen molar-refractivity contribution < 1.29 is 29.0 Å². The molecule has 1 fully saturated rings. The first-order valence-corrected chi connectivity index (χ1v) is 10.0. The van der Waals surface area contributed by atoms with Gasteiger partial charge >= 0.3 is 18.2 Å². The fourth-order valence-corrected chi connectivity index (χ4v) is 3.08. The van der Waals surface area contributed by atoms with E-state index in [-0.39, 0.29) is 19.2 Å². The van der Waals surface area contributed by atoms with Gasteiger partial charge in [0.05, 0.1) is 0 Å². The van der Waals surface area contributed by atoms with E-state index in [1.165, 1.54) is 0 Å². The van der Waals surface area contributed by atoms with Crippen LogP contribution in [0.25, 0.3) is 0 Å². The molecule has 1 aliphatic rings. The minimum absolute atomic E-state index is 0.0248. The van der Waals surface area contributed by atoms with Crippen molar-refractivity contribution in [2.45, 2.75) is 57.9 Å². The van der Waals surface area contributed by atoms with Crippen LogP contribution in [0.2, 0.25) is 0 Å². The number of nitrogens with zero attached hydrogens (tertiary/aromatic N) is 1. The van der Waals surface area contributed by atoms with E-state index in [2.05, 4.69) is 10.6 Å². The summed E-state index contributed by atoms with van der Waals surface area (Å²) in [5.41, 5.74) is 0.263. The van der Waals surface area contributed by atoms with Crippen LogP contribution in [-0.2, 0) is 20.9 Å². The summed E-state index contributed by atoms with van der Waals surface area (Å²) in [5.74, 6) is -1.12. The van der Waals surface area contributed by atoms with Gasteiger partial charge in [0.15, 0.2) is 0 Å². The molecule has 0 aromatic heterocycles. The highest BCUT2D eigenvalue weighted by molar-refractivity contribution is 5.80. The van der Waals surface area contributed by atoms with Crippen molar-refractivity contribution in [1.29, 1.82) is 0 Å². The van der Waals surface area contributed by atoms with Gasteiger partial charge < -0.3 is 30.1 Å². The molecule has 0 aliphatic carbocycles. The van der Waals surface area contributed by atoms with Gasteiger partial charge in [0, 0.05) is 25.7 Å². The van der Waals surface area contributed by atoms with E-state index in [1.807, 2.05) is 35.2 Å². The molecule has 1 heterocycles. The Hall–Kier alpha value is -2.81. The fraction of sp³-hybridized carbons (Fsp3) is 0.571. The maximum absolute atomic E-state index is 12.0. The van der Waals surface area contributed by atoms with Gasteiger partial charge in [0.2, 0.25) is 0 Å². The van der Waals surface area contributed by atoms with Gasteiger partial charge in [-0.05, 0) is 39.2 Å². The Morgan fingerprint density at radius 3 is 2.33 bits per heavy atom. The Morgan fingerprint density at radius 1 is 1.13 bits per heavy atom. The lowest BCUT2D eigenvalue weighted by Gasteiger charge is -2.34. The van der Waals surface area contributed by atoms with E-state index in [1.54, 1.807) is 20.8 Å². The van der Waals surface area contributed by atoms with E-state index in [4.69, 9.17) is 9.47 Å². The number of nitrogens with one attached hydrogen (secondary N) is 2. The van der Waals surface area contributed by atoms with Crippen LogP contribution < -0.4 is 10.6 Å². The van der Waals surface area contributed by atoms with E-state index in [0.29, 0.717) is 25.9 Å². The Morgan fingerprint density at radius 2 is 1.77 bits per heavy atom. The minimum Gasteiger partial charge on any atom is -0.480 e. The fourth-order valence-electron chi connectivity index (χ4n) is 3.08. The third-order valence-corrected chi connectivity index (χ3v) is 4.55. The quantitative estimate of drug-likeness (QED) is 0.619. The maximum Gasteiger partial charge on any atom is 0.408 e. The maximum atomic E-state index is 12.0. The number of rotatable bonds is 7. The summed E-state index contributed by atoms with van der Waals surface area (Å²) in [7, 11) is 0. The topological polar surface area (TPSA) is 117 Å². The number of hydrogen-bond acceptors (Lipinski definition) is 6. The van der Waals surface area contributed by atoms with Gasteiger partial charge in [-0.25, -0.2) is 14.4 Å². The second-order valence-corrected chi connectivity index (χ2v) is 8.32. The number of amides is 2. The number of ether oxygens (including phenoxy) is 2. The molecule has 3 N–H and O–H groups in total. The molecule has 1 atom stereocenters. The van der Waals surface area contributed by atoms with Crippen LogP contribution in [0.5, 0.6) is 0 Å². The van der Waals surface area contributed by atoms with Crippen LogP contribution in [0.1, 0.15) is 39.2 Å². The summed E-state index contributed by atoms with van der Waals surface area (Å²) >= 11 is 0. The number of aliphatic carboxylic acids is 1. The van der Waals surface area contributed by atoms with E-state index < -0.39 is 29.8 Å². The number of piperidine rings is 1. The molecular weight excluding hydrogens is 390 g/mol. The number of carboxylic acid groups (broad SMARTS) is 1. The molecule has 0 spiro atoms. The predicted octanol–water partition coefficient (Wildman–Crippen LogP) is 2.36. The zero-order valence-electron chi connectivity index (χ0n) is 17.7. The largest absolute Gasteiger partial charge is 0.480 e. The molecule has 2 amide bonds. The van der Waals surface area contributed by atoms with Crippen LogP contribution >= 0.6 is 0 Å². The standard InChI is InChI=1S/C21H31N3O6/c1-21(2,3)30-20(28)22-16-9-11-24(12-10-16)13-17(18(25)26)23-19(27)29-14-15-7-5-4-6-8-15/h4-8,16-17H,9-14H2,1-3H3,(H,22,28)(H,23,27)(H,25,26)/t17-/m0/s1. The van der Waals surface area contributed by atoms with Crippen molar-refractivity contribution in [3.8, 4) is 0 Å². The molecular formula is C21H31N3O6. The molecule has 0 bridgehead atoms. The van der Waals surface area contributed by atoms with Gasteiger partial charge in [-0.2, -0.15) is 0 Å². The highest BCUT2D eigenvalue weighted by atomic mass is 16.6. The predicted molar refractivity (Wildman–Crippen MR) is 110 cm³/mol. The van der Waals surface area contributed by atoms with Crippen molar-refractivity contribution in [1.82, 2.24) is 15.5 Å². The summed E-state index contributed by atoms with van der Waals surface area (Å²) in [5, 5.41) is 14.7. The molecule has 1 saturated heterocycles. The second kappa shape index (κ2) is 10.8. The monoisotopic (exact) mass is 421 g/mol. The summed E-state index contributed by atoms with van der Waals surface area (Å²) in [6.45, 7) is 6.85. The summed E-state index contributed by atoms with van der Waals surface area (Å²) in [6, 6.07) is 8.05. The molecule has 1 aromatic rings. The second-order valence-electron chi connectivity index (χ2n) is 8.32. The van der Waals surface area contributed by atoms with Gasteiger partial charge in [0.1, 0.15) is 18.2 Å². The molecule has 0 unspecified atom stereocenters. The number of benzene rings is 1. The first kappa shape index (κ1) is 23.5. The molecule has 0 saturated carbocycles. The lowest BCUT2D eigenvalue weighted by atomic mass is 10.0. The zero-order chi connectivity index (χ0) is 22.1. The van der Waals surface area contributed by atoms with Crippen LogP contribution in [0.3, 0.4) is 0 Å². The number of alkyl carbamates (subject to hydrolysis) is 2. The van der Waals surface area contributed by atoms with Gasteiger partial charge in [-0.1, -0.05) is 30.3 Å². The van der Waals surface area contributed by atoms with Crippen LogP contribution in [0, 0.1) is 0 Å². The van der Waals surface area contributed by atoms with Crippen molar-refractivity contribution in [3.05, 3.63) is 35.9 Å². The first-order valence-electron chi connectivity index (χ1n) is 10.0. The third-order valence-electron chi connectivity index (χ3n) is 4.55. The van der Waals surface area contributed by atoms with Gasteiger partial charge in [0.25, 0.3) is 0 Å². The highest BCUT2D eigenvalue weighted by Crippen LogP contribution is 2.13. The van der Waals surface area contributed by atoms with Gasteiger partial charge in [-0.3, -0.25) is 0 Å². The van der Waals surface area contributed by atoms with Crippen molar-refractivity contribution in [2.24, 2.45) is 0 Å². The van der Waals surface area contributed by atoms with Crippen LogP contribution in [0.15, 0.2) is 30.3 Å². The molecule has 1 aliphatic heterocycles.